The Bertz CT molecular complexity index is 1190. The largest absolute Gasteiger partial charge is 0.377 e. The van der Waals surface area contributed by atoms with Gasteiger partial charge in [0.2, 0.25) is 0 Å². The summed E-state index contributed by atoms with van der Waals surface area (Å²) < 4.78 is 15.0. The Balaban J connectivity index is 1.68. The first-order chi connectivity index (χ1) is 16.1. The number of aromatic nitrogens is 5. The summed E-state index contributed by atoms with van der Waals surface area (Å²) in [5, 5.41) is 20.0. The van der Waals surface area contributed by atoms with E-state index in [1.807, 2.05) is 32.2 Å². The lowest BCUT2D eigenvalue weighted by Gasteiger charge is -2.35. The van der Waals surface area contributed by atoms with Crippen LogP contribution in [0.5, 0.6) is 0 Å². The first-order valence-electron chi connectivity index (χ1n) is 11.9. The summed E-state index contributed by atoms with van der Waals surface area (Å²) in [5.74, 6) is 1.50. The van der Waals surface area contributed by atoms with Gasteiger partial charge >= 0.3 is 0 Å². The summed E-state index contributed by atoms with van der Waals surface area (Å²) in [4.78, 5) is 7.23. The molecule has 182 valence electrons. The minimum atomic E-state index is -1.13. The monoisotopic (exact) mass is 481 g/mol. The van der Waals surface area contributed by atoms with Crippen LogP contribution in [0.25, 0.3) is 16.9 Å². The van der Waals surface area contributed by atoms with Crippen molar-refractivity contribution in [1.82, 2.24) is 24.5 Å². The van der Waals surface area contributed by atoms with Gasteiger partial charge in [0.1, 0.15) is 12.5 Å². The predicted octanol–water partition coefficient (Wildman–Crippen LogP) is 3.96. The van der Waals surface area contributed by atoms with Crippen LogP contribution in [-0.4, -0.2) is 65.0 Å². The molecule has 1 fully saturated rings. The lowest BCUT2D eigenvalue weighted by molar-refractivity contribution is 0.0785. The van der Waals surface area contributed by atoms with Crippen LogP contribution in [-0.2, 0) is 21.6 Å². The Labute approximate surface area is 202 Å². The van der Waals surface area contributed by atoms with Crippen LogP contribution < -0.4 is 4.90 Å². The molecule has 1 aliphatic rings. The van der Waals surface area contributed by atoms with E-state index >= 15 is 0 Å². The zero-order valence-electron chi connectivity index (χ0n) is 21.1. The summed E-state index contributed by atoms with van der Waals surface area (Å²) in [6.07, 6.45) is 3.68. The molecule has 4 heterocycles. The molecule has 0 amide bonds. The third-order valence-corrected chi connectivity index (χ3v) is 7.91. The first-order valence-corrected chi connectivity index (χ1v) is 15.6. The van der Waals surface area contributed by atoms with Crippen molar-refractivity contribution < 1.29 is 9.47 Å². The summed E-state index contributed by atoms with van der Waals surface area (Å²) >= 11 is 0. The van der Waals surface area contributed by atoms with Crippen LogP contribution in [0, 0.1) is 11.3 Å². The molecule has 1 unspecified atom stereocenters. The molecule has 34 heavy (non-hydrogen) atoms. The number of nitrogens with zero attached hydrogens (tertiary/aromatic N) is 7. The zero-order valence-corrected chi connectivity index (χ0v) is 22.1. The van der Waals surface area contributed by atoms with Crippen molar-refractivity contribution in [2.45, 2.75) is 64.6 Å². The molecule has 0 aromatic carbocycles. The van der Waals surface area contributed by atoms with Crippen molar-refractivity contribution in [3.63, 3.8) is 0 Å². The van der Waals surface area contributed by atoms with Crippen LogP contribution >= 0.6 is 0 Å². The second kappa shape index (κ2) is 9.48. The van der Waals surface area contributed by atoms with Crippen molar-refractivity contribution in [3.05, 3.63) is 30.1 Å². The normalized spacial score (nSPS) is 17.3. The number of hydrogen-bond acceptors (Lipinski definition) is 7. The molecule has 4 rings (SSSR count). The zero-order chi connectivity index (χ0) is 24.5. The van der Waals surface area contributed by atoms with Gasteiger partial charge in [0, 0.05) is 38.9 Å². The molecule has 1 aliphatic heterocycles. The molecular weight excluding hydrogens is 446 g/mol. The van der Waals surface area contributed by atoms with Crippen molar-refractivity contribution in [2.75, 3.05) is 31.3 Å². The lowest BCUT2D eigenvalue weighted by atomic mass is 9.85. The van der Waals surface area contributed by atoms with Gasteiger partial charge in [-0.05, 0) is 38.4 Å². The van der Waals surface area contributed by atoms with Gasteiger partial charge in [0.15, 0.2) is 11.5 Å². The van der Waals surface area contributed by atoms with Crippen molar-refractivity contribution in [2.24, 2.45) is 0 Å². The standard InChI is InChI=1S/C24H35N7O2Si/c1-18-15-32-10-9-30(18)22-13-20(24(2,3)16-25)19-14-26-31(23(19)27-22)21-7-8-29(28-21)17-33-11-12-34(4,5)6/h7-8,13-14,18H,9-12,15,17H2,1-6H3. The Morgan fingerprint density at radius 1 is 1.29 bits per heavy atom. The average molecular weight is 482 g/mol. The highest BCUT2D eigenvalue weighted by atomic mass is 28.3. The topological polar surface area (TPSA) is 94.0 Å². The van der Waals surface area contributed by atoms with E-state index in [4.69, 9.17) is 14.5 Å². The maximum Gasteiger partial charge on any atom is 0.177 e. The van der Waals surface area contributed by atoms with Crippen LogP contribution in [0.1, 0.15) is 26.3 Å². The van der Waals surface area contributed by atoms with E-state index < -0.39 is 13.5 Å². The van der Waals surface area contributed by atoms with Gasteiger partial charge in [-0.2, -0.15) is 20.1 Å². The number of morpholine rings is 1. The van der Waals surface area contributed by atoms with Crippen molar-refractivity contribution in [1.29, 1.82) is 5.26 Å². The molecule has 3 aromatic rings. The molecule has 0 saturated carbocycles. The number of anilines is 1. The second-order valence-corrected chi connectivity index (χ2v) is 16.4. The van der Waals surface area contributed by atoms with Gasteiger partial charge in [-0.15, -0.1) is 0 Å². The number of fused-ring (bicyclic) bond motifs is 1. The van der Waals surface area contributed by atoms with E-state index in [0.29, 0.717) is 31.4 Å². The van der Waals surface area contributed by atoms with Gasteiger partial charge in [-0.25, -0.2) is 9.67 Å². The lowest BCUT2D eigenvalue weighted by Crippen LogP contribution is -2.44. The maximum absolute atomic E-state index is 9.88. The van der Waals surface area contributed by atoms with E-state index in [-0.39, 0.29) is 6.04 Å². The van der Waals surface area contributed by atoms with E-state index in [9.17, 15) is 5.26 Å². The number of nitriles is 1. The minimum absolute atomic E-state index is 0.195. The molecule has 3 aromatic heterocycles. The second-order valence-electron chi connectivity index (χ2n) is 10.7. The van der Waals surface area contributed by atoms with Crippen LogP contribution in [0.2, 0.25) is 25.7 Å². The fraction of sp³-hybridized carbons (Fsp3) is 0.583. The Morgan fingerprint density at radius 2 is 2.09 bits per heavy atom. The Kier molecular flexibility index (Phi) is 6.80. The summed E-state index contributed by atoms with van der Waals surface area (Å²) in [5.41, 5.74) is 0.913. The fourth-order valence-corrected chi connectivity index (χ4v) is 4.78. The van der Waals surface area contributed by atoms with Crippen molar-refractivity contribution >= 4 is 24.9 Å². The molecule has 0 radical (unpaired) electrons. The van der Waals surface area contributed by atoms with Gasteiger partial charge < -0.3 is 14.4 Å². The summed E-state index contributed by atoms with van der Waals surface area (Å²) in [6.45, 7) is 16.2. The number of pyridine rings is 1. The first kappa shape index (κ1) is 24.4. The molecule has 10 heteroatoms. The maximum atomic E-state index is 9.88. The fourth-order valence-electron chi connectivity index (χ4n) is 4.02. The predicted molar refractivity (Wildman–Crippen MR) is 135 cm³/mol. The van der Waals surface area contributed by atoms with Crippen LogP contribution in [0.3, 0.4) is 0 Å². The minimum Gasteiger partial charge on any atom is -0.377 e. The van der Waals surface area contributed by atoms with Crippen LogP contribution in [0.15, 0.2) is 24.5 Å². The number of hydrogen-bond donors (Lipinski definition) is 0. The van der Waals surface area contributed by atoms with E-state index in [2.05, 4.69) is 47.7 Å². The molecule has 1 atom stereocenters. The Hall–Kier alpha value is -2.74. The summed E-state index contributed by atoms with van der Waals surface area (Å²) in [7, 11) is -1.13. The van der Waals surface area contributed by atoms with Gasteiger partial charge in [-0.1, -0.05) is 19.6 Å². The summed E-state index contributed by atoms with van der Waals surface area (Å²) in [6, 6.07) is 7.70. The smallest absolute Gasteiger partial charge is 0.177 e. The van der Waals surface area contributed by atoms with Gasteiger partial charge in [0.25, 0.3) is 0 Å². The highest BCUT2D eigenvalue weighted by Gasteiger charge is 2.29. The number of ether oxygens (including phenoxy) is 2. The third-order valence-electron chi connectivity index (χ3n) is 6.21. The third kappa shape index (κ3) is 5.16. The van der Waals surface area contributed by atoms with Gasteiger partial charge in [0.05, 0.1) is 36.9 Å². The van der Waals surface area contributed by atoms with E-state index in [1.165, 1.54) is 0 Å². The quantitative estimate of drug-likeness (QED) is 0.355. The van der Waals surface area contributed by atoms with E-state index in [1.54, 1.807) is 15.6 Å². The highest BCUT2D eigenvalue weighted by Crippen LogP contribution is 2.34. The molecule has 9 nitrogen and oxygen atoms in total. The highest BCUT2D eigenvalue weighted by molar-refractivity contribution is 6.76. The van der Waals surface area contributed by atoms with E-state index in [0.717, 1.165) is 36.0 Å². The van der Waals surface area contributed by atoms with Crippen LogP contribution in [0.4, 0.5) is 5.82 Å². The SMILES string of the molecule is CC1COCCN1c1cc(C(C)(C)C#N)c2cnn(-c3ccn(COCC[Si](C)(C)C)n3)c2n1. The Morgan fingerprint density at radius 3 is 2.79 bits per heavy atom. The van der Waals surface area contributed by atoms with Gasteiger partial charge in [-0.3, -0.25) is 0 Å². The molecule has 0 aliphatic carbocycles. The average Bonchev–Trinajstić information content (AvgIpc) is 3.42. The molecule has 0 spiro atoms. The number of rotatable bonds is 8. The molecular formula is C24H35N7O2Si. The molecule has 0 N–H and O–H groups in total. The van der Waals surface area contributed by atoms with Crippen molar-refractivity contribution in [3.8, 4) is 11.9 Å². The molecule has 1 saturated heterocycles. The molecule has 0 bridgehead atoms.